The van der Waals surface area contributed by atoms with E-state index >= 15 is 0 Å². The second-order valence-corrected chi connectivity index (χ2v) is 6.65. The monoisotopic (exact) mass is 400 g/mol. The first kappa shape index (κ1) is 19.5. The Bertz CT molecular complexity index is 991. The summed E-state index contributed by atoms with van der Waals surface area (Å²) >= 11 is 1.26. The summed E-state index contributed by atoms with van der Waals surface area (Å²) in [5.74, 6) is -2.02. The number of carbonyl (C=O) groups excluding carboxylic acids is 2. The maximum atomic E-state index is 13.7. The number of rotatable bonds is 6. The Balaban J connectivity index is 1.61. The van der Waals surface area contributed by atoms with E-state index < -0.39 is 23.8 Å². The molecular formula is C20H17FN2O4S. The number of hydrogen-bond acceptors (Lipinski definition) is 6. The van der Waals surface area contributed by atoms with Crippen LogP contribution in [0.5, 0.6) is 5.75 Å². The molecule has 6 nitrogen and oxygen atoms in total. The van der Waals surface area contributed by atoms with Crippen LogP contribution in [0.15, 0.2) is 53.9 Å². The molecular weight excluding hydrogens is 383 g/mol. The van der Waals surface area contributed by atoms with Crippen molar-refractivity contribution in [2.24, 2.45) is 0 Å². The molecule has 0 spiro atoms. The molecule has 1 aromatic heterocycles. The summed E-state index contributed by atoms with van der Waals surface area (Å²) in [5, 5.41) is 4.83. The van der Waals surface area contributed by atoms with Crippen molar-refractivity contribution < 1.29 is 23.5 Å². The van der Waals surface area contributed by atoms with Crippen molar-refractivity contribution in [3.63, 3.8) is 0 Å². The van der Waals surface area contributed by atoms with Gasteiger partial charge in [0.1, 0.15) is 0 Å². The molecule has 3 aromatic rings. The summed E-state index contributed by atoms with van der Waals surface area (Å²) in [6, 6.07) is 13.2. The highest BCUT2D eigenvalue weighted by Crippen LogP contribution is 2.25. The van der Waals surface area contributed by atoms with E-state index in [1.807, 2.05) is 35.7 Å². The minimum Gasteiger partial charge on any atom is -0.494 e. The molecule has 0 radical (unpaired) electrons. The normalized spacial score (nSPS) is 11.5. The molecule has 0 unspecified atom stereocenters. The molecule has 1 amide bonds. The number of halogens is 1. The molecule has 1 N–H and O–H groups in total. The first-order valence-corrected chi connectivity index (χ1v) is 9.22. The summed E-state index contributed by atoms with van der Waals surface area (Å²) in [4.78, 5) is 28.8. The second kappa shape index (κ2) is 8.62. The number of amides is 1. The number of esters is 1. The van der Waals surface area contributed by atoms with Gasteiger partial charge in [-0.1, -0.05) is 30.3 Å². The SMILES string of the molecule is COc1ccc(C(=O)O[C@@H](C)C(=O)Nc2nc(-c3ccccc3)cs2)cc1F. The van der Waals surface area contributed by atoms with Crippen LogP contribution in [0.4, 0.5) is 9.52 Å². The zero-order valence-corrected chi connectivity index (χ0v) is 16.0. The summed E-state index contributed by atoms with van der Waals surface area (Å²) < 4.78 is 23.6. The summed E-state index contributed by atoms with van der Waals surface area (Å²) in [5.41, 5.74) is 1.65. The largest absolute Gasteiger partial charge is 0.494 e. The van der Waals surface area contributed by atoms with Gasteiger partial charge in [0, 0.05) is 10.9 Å². The Labute approximate surface area is 164 Å². The third-order valence-corrected chi connectivity index (χ3v) is 4.60. The highest BCUT2D eigenvalue weighted by molar-refractivity contribution is 7.14. The Morgan fingerprint density at radius 3 is 2.61 bits per heavy atom. The van der Waals surface area contributed by atoms with Crippen LogP contribution in [-0.2, 0) is 9.53 Å². The molecule has 28 heavy (non-hydrogen) atoms. The number of nitrogens with zero attached hydrogens (tertiary/aromatic N) is 1. The number of methoxy groups -OCH3 is 1. The van der Waals surface area contributed by atoms with Gasteiger partial charge in [0.2, 0.25) is 0 Å². The number of hydrogen-bond donors (Lipinski definition) is 1. The summed E-state index contributed by atoms with van der Waals surface area (Å²) in [7, 11) is 1.32. The van der Waals surface area contributed by atoms with Gasteiger partial charge in [-0.25, -0.2) is 14.2 Å². The fraction of sp³-hybridized carbons (Fsp3) is 0.150. The Morgan fingerprint density at radius 2 is 1.93 bits per heavy atom. The molecule has 8 heteroatoms. The van der Waals surface area contributed by atoms with Crippen LogP contribution in [-0.4, -0.2) is 30.1 Å². The zero-order valence-electron chi connectivity index (χ0n) is 15.1. The van der Waals surface area contributed by atoms with Crippen molar-refractivity contribution in [1.29, 1.82) is 0 Å². The Morgan fingerprint density at radius 1 is 1.18 bits per heavy atom. The standard InChI is InChI=1S/C20H17FN2O4S/c1-12(27-19(25)14-8-9-17(26-2)15(21)10-14)18(24)23-20-22-16(11-28-20)13-6-4-3-5-7-13/h3-12H,1-2H3,(H,22,23,24)/t12-/m0/s1. The fourth-order valence-electron chi connectivity index (χ4n) is 2.36. The maximum absolute atomic E-state index is 13.7. The van der Waals surface area contributed by atoms with Crippen LogP contribution in [0.2, 0.25) is 0 Å². The smallest absolute Gasteiger partial charge is 0.339 e. The predicted molar refractivity (Wildman–Crippen MR) is 104 cm³/mol. The lowest BCUT2D eigenvalue weighted by Crippen LogP contribution is -2.30. The first-order valence-electron chi connectivity index (χ1n) is 8.34. The lowest BCUT2D eigenvalue weighted by molar-refractivity contribution is -0.123. The van der Waals surface area contributed by atoms with Gasteiger partial charge in [0.15, 0.2) is 22.8 Å². The topological polar surface area (TPSA) is 77.5 Å². The fourth-order valence-corrected chi connectivity index (χ4v) is 3.08. The van der Waals surface area contributed by atoms with E-state index in [4.69, 9.17) is 9.47 Å². The Hall–Kier alpha value is -3.26. The van der Waals surface area contributed by atoms with Crippen LogP contribution < -0.4 is 10.1 Å². The molecule has 0 aliphatic carbocycles. The zero-order chi connectivity index (χ0) is 20.1. The highest BCUT2D eigenvalue weighted by atomic mass is 32.1. The van der Waals surface area contributed by atoms with Crippen molar-refractivity contribution in [2.75, 3.05) is 12.4 Å². The Kier molecular flexibility index (Phi) is 6.00. The van der Waals surface area contributed by atoms with Crippen molar-refractivity contribution in [3.05, 3.63) is 65.3 Å². The molecule has 0 aliphatic rings. The maximum Gasteiger partial charge on any atom is 0.339 e. The number of anilines is 1. The predicted octanol–water partition coefficient (Wildman–Crippen LogP) is 4.14. The summed E-state index contributed by atoms with van der Waals surface area (Å²) in [6.07, 6.45) is -1.08. The van der Waals surface area contributed by atoms with Crippen LogP contribution in [0.3, 0.4) is 0 Å². The molecule has 0 fully saturated rings. The van der Waals surface area contributed by atoms with Gasteiger partial charge in [-0.05, 0) is 25.1 Å². The molecule has 3 rings (SSSR count). The number of carbonyl (C=O) groups is 2. The van der Waals surface area contributed by atoms with Gasteiger partial charge in [-0.2, -0.15) is 0 Å². The van der Waals surface area contributed by atoms with Crippen molar-refractivity contribution in [3.8, 4) is 17.0 Å². The summed E-state index contributed by atoms with van der Waals surface area (Å²) in [6.45, 7) is 1.43. The van der Waals surface area contributed by atoms with Gasteiger partial charge in [-0.15, -0.1) is 11.3 Å². The van der Waals surface area contributed by atoms with Gasteiger partial charge in [-0.3, -0.25) is 10.1 Å². The molecule has 0 aliphatic heterocycles. The molecule has 2 aromatic carbocycles. The van der Waals surface area contributed by atoms with E-state index in [0.717, 1.165) is 17.3 Å². The van der Waals surface area contributed by atoms with Gasteiger partial charge < -0.3 is 9.47 Å². The van der Waals surface area contributed by atoms with E-state index in [1.165, 1.54) is 37.5 Å². The van der Waals surface area contributed by atoms with Crippen LogP contribution >= 0.6 is 11.3 Å². The quantitative estimate of drug-likeness (QED) is 0.629. The number of ether oxygens (including phenoxy) is 2. The number of aromatic nitrogens is 1. The molecule has 1 atom stereocenters. The third-order valence-electron chi connectivity index (χ3n) is 3.84. The lowest BCUT2D eigenvalue weighted by atomic mass is 10.2. The van der Waals surface area contributed by atoms with Crippen LogP contribution in [0.1, 0.15) is 17.3 Å². The van der Waals surface area contributed by atoms with Crippen LogP contribution in [0, 0.1) is 5.82 Å². The van der Waals surface area contributed by atoms with Crippen molar-refractivity contribution in [1.82, 2.24) is 4.98 Å². The molecule has 0 bridgehead atoms. The molecule has 0 saturated heterocycles. The van der Waals surface area contributed by atoms with Crippen LogP contribution in [0.25, 0.3) is 11.3 Å². The van der Waals surface area contributed by atoms with E-state index in [2.05, 4.69) is 10.3 Å². The minimum absolute atomic E-state index is 0.0142. The number of nitrogens with one attached hydrogen (secondary N) is 1. The second-order valence-electron chi connectivity index (χ2n) is 5.79. The highest BCUT2D eigenvalue weighted by Gasteiger charge is 2.21. The van der Waals surface area contributed by atoms with E-state index in [-0.39, 0.29) is 11.3 Å². The van der Waals surface area contributed by atoms with E-state index in [0.29, 0.717) is 5.13 Å². The van der Waals surface area contributed by atoms with Gasteiger partial charge in [0.25, 0.3) is 5.91 Å². The van der Waals surface area contributed by atoms with E-state index in [9.17, 15) is 14.0 Å². The number of benzene rings is 2. The third kappa shape index (κ3) is 4.52. The van der Waals surface area contributed by atoms with Crippen molar-refractivity contribution in [2.45, 2.75) is 13.0 Å². The lowest BCUT2D eigenvalue weighted by Gasteiger charge is -2.12. The van der Waals surface area contributed by atoms with Gasteiger partial charge in [0.05, 0.1) is 18.4 Å². The first-order chi connectivity index (χ1) is 13.5. The molecule has 1 heterocycles. The minimum atomic E-state index is -1.08. The average molecular weight is 400 g/mol. The van der Waals surface area contributed by atoms with Gasteiger partial charge >= 0.3 is 5.97 Å². The average Bonchev–Trinajstić information content (AvgIpc) is 3.17. The number of thiazole rings is 1. The van der Waals surface area contributed by atoms with E-state index in [1.54, 1.807) is 0 Å². The molecule has 144 valence electrons. The molecule has 0 saturated carbocycles. The van der Waals surface area contributed by atoms with Crippen molar-refractivity contribution >= 4 is 28.3 Å².